The lowest BCUT2D eigenvalue weighted by molar-refractivity contribution is -0.186. The van der Waals surface area contributed by atoms with E-state index in [1.165, 1.54) is 44.9 Å². The van der Waals surface area contributed by atoms with Gasteiger partial charge in [0.2, 0.25) is 0 Å². The molecule has 4 heteroatoms. The number of nitrogens with zero attached hydrogens (tertiary/aromatic N) is 1. The van der Waals surface area contributed by atoms with Crippen LogP contribution in [0.25, 0.3) is 0 Å². The monoisotopic (exact) mass is 419 g/mol. The summed E-state index contributed by atoms with van der Waals surface area (Å²) in [7, 11) is 0. The minimum Gasteiger partial charge on any atom is -0.371 e. The van der Waals surface area contributed by atoms with Crippen LogP contribution in [0.4, 0.5) is 0 Å². The highest BCUT2D eigenvalue weighted by atomic mass is 16.6. The number of carbonyl (C=O) groups is 1. The van der Waals surface area contributed by atoms with E-state index >= 15 is 0 Å². The van der Waals surface area contributed by atoms with Crippen LogP contribution in [0.15, 0.2) is 0 Å². The van der Waals surface area contributed by atoms with Crippen LogP contribution < -0.4 is 0 Å². The summed E-state index contributed by atoms with van der Waals surface area (Å²) in [4.78, 5) is 16.3. The van der Waals surface area contributed by atoms with Gasteiger partial charge in [-0.25, -0.2) is 0 Å². The van der Waals surface area contributed by atoms with Crippen molar-refractivity contribution in [3.63, 3.8) is 0 Å². The van der Waals surface area contributed by atoms with Crippen molar-refractivity contribution in [3.05, 3.63) is 0 Å². The summed E-state index contributed by atoms with van der Waals surface area (Å²) in [5, 5.41) is 0. The number of ether oxygens (including phenoxy) is 2. The molecular formula is C26H45NO3. The van der Waals surface area contributed by atoms with Crippen molar-refractivity contribution in [1.29, 1.82) is 0 Å². The number of epoxide rings is 1. The fourth-order valence-corrected chi connectivity index (χ4v) is 7.31. The average molecular weight is 420 g/mol. The van der Waals surface area contributed by atoms with Crippen molar-refractivity contribution in [1.82, 2.24) is 4.90 Å². The zero-order valence-electron chi connectivity index (χ0n) is 20.1. The van der Waals surface area contributed by atoms with Gasteiger partial charge in [-0.05, 0) is 55.8 Å². The molecule has 2 aliphatic heterocycles. The van der Waals surface area contributed by atoms with Crippen LogP contribution in [-0.4, -0.2) is 41.4 Å². The van der Waals surface area contributed by atoms with Gasteiger partial charge in [0, 0.05) is 0 Å². The molecule has 2 aliphatic carbocycles. The minimum atomic E-state index is -0.642. The molecule has 0 aromatic rings. The minimum absolute atomic E-state index is 0.121. The Hall–Kier alpha value is -0.610. The van der Waals surface area contributed by atoms with Gasteiger partial charge in [0.05, 0.1) is 19.3 Å². The molecule has 0 aromatic carbocycles. The maximum atomic E-state index is 14.1. The van der Waals surface area contributed by atoms with Gasteiger partial charge in [-0.2, -0.15) is 0 Å². The van der Waals surface area contributed by atoms with Crippen LogP contribution in [0.3, 0.4) is 0 Å². The molecule has 30 heavy (non-hydrogen) atoms. The molecule has 172 valence electrons. The van der Waals surface area contributed by atoms with Gasteiger partial charge in [-0.15, -0.1) is 0 Å². The summed E-state index contributed by atoms with van der Waals surface area (Å²) in [6, 6.07) is 0. The Morgan fingerprint density at radius 3 is 1.73 bits per heavy atom. The van der Waals surface area contributed by atoms with Gasteiger partial charge in [-0.3, -0.25) is 4.79 Å². The topological polar surface area (TPSA) is 42.1 Å². The average Bonchev–Trinajstić information content (AvgIpc) is 3.40. The van der Waals surface area contributed by atoms with Crippen molar-refractivity contribution in [2.24, 2.45) is 10.8 Å². The lowest BCUT2D eigenvalue weighted by Gasteiger charge is -2.49. The molecule has 1 amide bonds. The maximum absolute atomic E-state index is 14.1. The molecule has 0 bridgehead atoms. The molecule has 0 radical (unpaired) electrons. The zero-order valence-corrected chi connectivity index (χ0v) is 20.1. The first-order chi connectivity index (χ1) is 14.2. The van der Waals surface area contributed by atoms with E-state index in [0.29, 0.717) is 0 Å². The number of rotatable bonds is 2. The van der Waals surface area contributed by atoms with E-state index in [4.69, 9.17) is 9.47 Å². The van der Waals surface area contributed by atoms with Gasteiger partial charge < -0.3 is 14.4 Å². The molecule has 4 nitrogen and oxygen atoms in total. The predicted octanol–water partition coefficient (Wildman–Crippen LogP) is 6.22. The smallest absolute Gasteiger partial charge is 0.257 e. The summed E-state index contributed by atoms with van der Waals surface area (Å²) < 4.78 is 12.8. The van der Waals surface area contributed by atoms with Crippen molar-refractivity contribution in [2.75, 3.05) is 13.2 Å². The van der Waals surface area contributed by atoms with E-state index in [9.17, 15) is 4.79 Å². The van der Waals surface area contributed by atoms with Crippen LogP contribution in [0.1, 0.15) is 118 Å². The van der Waals surface area contributed by atoms with Gasteiger partial charge in [0.1, 0.15) is 5.72 Å². The fourth-order valence-electron chi connectivity index (χ4n) is 7.31. The first kappa shape index (κ1) is 22.6. The Labute approximate surface area is 184 Å². The molecule has 4 rings (SSSR count). The van der Waals surface area contributed by atoms with Crippen LogP contribution in [0.2, 0.25) is 0 Å². The van der Waals surface area contributed by atoms with Crippen molar-refractivity contribution < 1.29 is 14.3 Å². The summed E-state index contributed by atoms with van der Waals surface area (Å²) >= 11 is 0. The highest BCUT2D eigenvalue weighted by Gasteiger charge is 2.64. The third kappa shape index (κ3) is 4.90. The third-order valence-corrected chi connectivity index (χ3v) is 7.92. The molecule has 2 spiro atoms. The highest BCUT2D eigenvalue weighted by molar-refractivity contribution is 5.88. The Balaban J connectivity index is 1.64. The number of hydrogen-bond acceptors (Lipinski definition) is 3. The van der Waals surface area contributed by atoms with Gasteiger partial charge in [0.15, 0.2) is 5.60 Å². The van der Waals surface area contributed by atoms with Crippen molar-refractivity contribution in [3.8, 4) is 0 Å². The summed E-state index contributed by atoms with van der Waals surface area (Å²) in [6.45, 7) is 10.8. The number of carbonyl (C=O) groups excluding carboxylic acids is 1. The molecular weight excluding hydrogens is 374 g/mol. The SMILES string of the molecule is CC1(C)CC(C)(C)CC2(C1)OC1(CCCCCCCCCCC1)N(CC1CO1)C2=O. The first-order valence-corrected chi connectivity index (χ1v) is 12.8. The van der Waals surface area contributed by atoms with Crippen LogP contribution in [0.5, 0.6) is 0 Å². The van der Waals surface area contributed by atoms with E-state index in [0.717, 1.165) is 58.1 Å². The van der Waals surface area contributed by atoms with Crippen molar-refractivity contribution in [2.45, 2.75) is 135 Å². The van der Waals surface area contributed by atoms with E-state index in [-0.39, 0.29) is 22.8 Å². The number of amides is 1. The summed E-state index contributed by atoms with van der Waals surface area (Å²) in [6.07, 6.45) is 16.7. The van der Waals surface area contributed by atoms with E-state index in [1.54, 1.807) is 0 Å². The standard InChI is InChI=1S/C26H45NO3/c1-23(2)18-24(3,4)20-25(19-23)22(28)27(16-21-17-29-21)26(30-25)14-12-10-8-6-5-7-9-11-13-15-26/h21H,5-20H2,1-4H3. The molecule has 2 saturated carbocycles. The summed E-state index contributed by atoms with van der Waals surface area (Å²) in [5.41, 5.74) is -0.810. The molecule has 1 unspecified atom stereocenters. The normalized spacial score (nSPS) is 33.3. The van der Waals surface area contributed by atoms with Gasteiger partial charge >= 0.3 is 0 Å². The number of hydrogen-bond donors (Lipinski definition) is 0. The van der Waals surface area contributed by atoms with E-state index < -0.39 is 11.3 Å². The molecule has 2 heterocycles. The second-order valence-electron chi connectivity index (χ2n) is 12.5. The Bertz CT molecular complexity index is 594. The second kappa shape index (κ2) is 8.39. The van der Waals surface area contributed by atoms with Crippen molar-refractivity contribution >= 4 is 5.91 Å². The predicted molar refractivity (Wildman–Crippen MR) is 120 cm³/mol. The fraction of sp³-hybridized carbons (Fsp3) is 0.962. The lowest BCUT2D eigenvalue weighted by atomic mass is 9.59. The summed E-state index contributed by atoms with van der Waals surface area (Å²) in [5.74, 6) is 0.269. The first-order valence-electron chi connectivity index (χ1n) is 12.8. The molecule has 4 aliphatic rings. The second-order valence-corrected chi connectivity index (χ2v) is 12.5. The quantitative estimate of drug-likeness (QED) is 0.499. The Kier molecular flexibility index (Phi) is 6.31. The van der Waals surface area contributed by atoms with Gasteiger partial charge in [-0.1, -0.05) is 72.6 Å². The Morgan fingerprint density at radius 2 is 1.27 bits per heavy atom. The maximum Gasteiger partial charge on any atom is 0.257 e. The third-order valence-electron chi connectivity index (χ3n) is 7.92. The Morgan fingerprint density at radius 1 is 0.800 bits per heavy atom. The molecule has 0 aromatic heterocycles. The van der Waals surface area contributed by atoms with Crippen LogP contribution in [0, 0.1) is 10.8 Å². The van der Waals surface area contributed by atoms with Gasteiger partial charge in [0.25, 0.3) is 5.91 Å². The molecule has 2 saturated heterocycles. The molecule has 0 N–H and O–H groups in total. The highest BCUT2D eigenvalue weighted by Crippen LogP contribution is 2.57. The largest absolute Gasteiger partial charge is 0.371 e. The molecule has 1 atom stereocenters. The lowest BCUT2D eigenvalue weighted by Crippen LogP contribution is -2.52. The van der Waals surface area contributed by atoms with E-state index in [1.807, 2.05) is 0 Å². The zero-order chi connectivity index (χ0) is 21.5. The van der Waals surface area contributed by atoms with Crippen LogP contribution >= 0.6 is 0 Å². The van der Waals surface area contributed by atoms with E-state index in [2.05, 4.69) is 32.6 Å². The van der Waals surface area contributed by atoms with Crippen LogP contribution in [-0.2, 0) is 14.3 Å². The molecule has 4 fully saturated rings.